The van der Waals surface area contributed by atoms with Crippen molar-refractivity contribution >= 4 is 0 Å². The SMILES string of the molecule is CCNC(Cc1ccc(C)cc1)C1COCCO1. The molecule has 3 heteroatoms. The summed E-state index contributed by atoms with van der Waals surface area (Å²) >= 11 is 0. The summed E-state index contributed by atoms with van der Waals surface area (Å²) in [6, 6.07) is 9.05. The topological polar surface area (TPSA) is 30.5 Å². The van der Waals surface area contributed by atoms with Crippen LogP contribution in [0, 0.1) is 6.92 Å². The van der Waals surface area contributed by atoms with Crippen LogP contribution in [0.1, 0.15) is 18.1 Å². The molecule has 2 atom stereocenters. The molecule has 0 aliphatic carbocycles. The van der Waals surface area contributed by atoms with Crippen molar-refractivity contribution < 1.29 is 9.47 Å². The predicted octanol–water partition coefficient (Wildman–Crippen LogP) is 1.93. The molecule has 1 heterocycles. The minimum absolute atomic E-state index is 0.167. The molecule has 1 aromatic rings. The Morgan fingerprint density at radius 1 is 1.28 bits per heavy atom. The van der Waals surface area contributed by atoms with Gasteiger partial charge in [0, 0.05) is 6.04 Å². The molecule has 18 heavy (non-hydrogen) atoms. The number of hydrogen-bond donors (Lipinski definition) is 1. The van der Waals surface area contributed by atoms with Gasteiger partial charge in [-0.05, 0) is 25.5 Å². The Bertz CT molecular complexity index is 344. The first-order chi connectivity index (χ1) is 8.79. The zero-order chi connectivity index (χ0) is 12.8. The van der Waals surface area contributed by atoms with Crippen molar-refractivity contribution in [1.82, 2.24) is 5.32 Å². The third kappa shape index (κ3) is 3.80. The third-order valence-corrected chi connectivity index (χ3v) is 3.33. The minimum Gasteiger partial charge on any atom is -0.376 e. The lowest BCUT2D eigenvalue weighted by molar-refractivity contribution is -0.101. The fourth-order valence-electron chi connectivity index (χ4n) is 2.31. The van der Waals surface area contributed by atoms with Crippen molar-refractivity contribution in [3.63, 3.8) is 0 Å². The summed E-state index contributed by atoms with van der Waals surface area (Å²) < 4.78 is 11.3. The molecule has 0 aromatic heterocycles. The van der Waals surface area contributed by atoms with Gasteiger partial charge in [-0.3, -0.25) is 0 Å². The second kappa shape index (κ2) is 6.88. The Hall–Kier alpha value is -0.900. The maximum absolute atomic E-state index is 5.80. The molecule has 100 valence electrons. The van der Waals surface area contributed by atoms with Crippen molar-refractivity contribution in [2.24, 2.45) is 0 Å². The van der Waals surface area contributed by atoms with Crippen molar-refractivity contribution in [1.29, 1.82) is 0 Å². The first kappa shape index (κ1) is 13.5. The fraction of sp³-hybridized carbons (Fsp3) is 0.600. The second-order valence-corrected chi connectivity index (χ2v) is 4.84. The standard InChI is InChI=1S/C15H23NO2/c1-3-16-14(15-11-17-8-9-18-15)10-13-6-4-12(2)5-7-13/h4-7,14-16H,3,8-11H2,1-2H3. The number of ether oxygens (including phenoxy) is 2. The summed E-state index contributed by atoms with van der Waals surface area (Å²) in [6.45, 7) is 7.33. The van der Waals surface area contributed by atoms with Crippen LogP contribution in [-0.2, 0) is 15.9 Å². The summed E-state index contributed by atoms with van der Waals surface area (Å²) in [6.07, 6.45) is 1.15. The minimum atomic E-state index is 0.167. The Kier molecular flexibility index (Phi) is 5.17. The second-order valence-electron chi connectivity index (χ2n) is 4.84. The van der Waals surface area contributed by atoms with Gasteiger partial charge in [0.05, 0.1) is 25.9 Å². The molecule has 1 aliphatic heterocycles. The largest absolute Gasteiger partial charge is 0.376 e. The van der Waals surface area contributed by atoms with E-state index >= 15 is 0 Å². The Morgan fingerprint density at radius 2 is 2.06 bits per heavy atom. The van der Waals surface area contributed by atoms with Crippen molar-refractivity contribution in [3.8, 4) is 0 Å². The van der Waals surface area contributed by atoms with E-state index in [1.165, 1.54) is 11.1 Å². The predicted molar refractivity (Wildman–Crippen MR) is 72.9 cm³/mol. The molecule has 0 bridgehead atoms. The van der Waals surface area contributed by atoms with Crippen LogP contribution in [0.4, 0.5) is 0 Å². The number of rotatable bonds is 5. The average molecular weight is 249 g/mol. The lowest BCUT2D eigenvalue weighted by atomic mass is 10.00. The smallest absolute Gasteiger partial charge is 0.0965 e. The zero-order valence-electron chi connectivity index (χ0n) is 11.3. The van der Waals surface area contributed by atoms with Crippen molar-refractivity contribution in [3.05, 3.63) is 35.4 Å². The summed E-state index contributed by atoms with van der Waals surface area (Å²) in [5, 5.41) is 3.51. The van der Waals surface area contributed by atoms with Gasteiger partial charge in [0.2, 0.25) is 0 Å². The highest BCUT2D eigenvalue weighted by atomic mass is 16.6. The van der Waals surface area contributed by atoms with Gasteiger partial charge in [0.1, 0.15) is 0 Å². The molecule has 0 radical (unpaired) electrons. The maximum atomic E-state index is 5.80. The molecule has 1 saturated heterocycles. The van der Waals surface area contributed by atoms with E-state index in [1.807, 2.05) is 0 Å². The van der Waals surface area contributed by atoms with Crippen molar-refractivity contribution in [2.75, 3.05) is 26.4 Å². The highest BCUT2D eigenvalue weighted by molar-refractivity contribution is 5.22. The van der Waals surface area contributed by atoms with Gasteiger partial charge in [0.25, 0.3) is 0 Å². The Morgan fingerprint density at radius 3 is 2.67 bits per heavy atom. The van der Waals surface area contributed by atoms with E-state index in [0.29, 0.717) is 19.3 Å². The van der Waals surface area contributed by atoms with E-state index < -0.39 is 0 Å². The van der Waals surface area contributed by atoms with Gasteiger partial charge in [-0.2, -0.15) is 0 Å². The summed E-state index contributed by atoms with van der Waals surface area (Å²) in [7, 11) is 0. The van der Waals surface area contributed by atoms with Gasteiger partial charge >= 0.3 is 0 Å². The average Bonchev–Trinajstić information content (AvgIpc) is 2.42. The molecule has 3 nitrogen and oxygen atoms in total. The first-order valence-electron chi connectivity index (χ1n) is 6.78. The summed E-state index contributed by atoms with van der Waals surface area (Å²) in [5.74, 6) is 0. The molecular weight excluding hydrogens is 226 g/mol. The van der Waals surface area contributed by atoms with Crippen LogP contribution < -0.4 is 5.32 Å². The zero-order valence-corrected chi connectivity index (χ0v) is 11.3. The van der Waals surface area contributed by atoms with Crippen molar-refractivity contribution in [2.45, 2.75) is 32.4 Å². The molecular formula is C15H23NO2. The maximum Gasteiger partial charge on any atom is 0.0965 e. The van der Waals surface area contributed by atoms with Crippen LogP contribution in [-0.4, -0.2) is 38.5 Å². The normalized spacial score (nSPS) is 21.8. The number of nitrogens with one attached hydrogen (secondary N) is 1. The van der Waals surface area contributed by atoms with Crippen LogP contribution in [0.5, 0.6) is 0 Å². The molecule has 0 saturated carbocycles. The quantitative estimate of drug-likeness (QED) is 0.865. The third-order valence-electron chi connectivity index (χ3n) is 3.33. The molecule has 1 N–H and O–H groups in total. The Labute approximate surface area is 109 Å². The fourth-order valence-corrected chi connectivity index (χ4v) is 2.31. The number of hydrogen-bond acceptors (Lipinski definition) is 3. The van der Waals surface area contributed by atoms with E-state index in [0.717, 1.165) is 19.6 Å². The van der Waals surface area contributed by atoms with Gasteiger partial charge < -0.3 is 14.8 Å². The van der Waals surface area contributed by atoms with Crippen LogP contribution >= 0.6 is 0 Å². The Balaban J connectivity index is 1.98. The number of likely N-dealkylation sites (N-methyl/N-ethyl adjacent to an activating group) is 1. The molecule has 0 spiro atoms. The van der Waals surface area contributed by atoms with E-state index in [2.05, 4.69) is 43.4 Å². The highest BCUT2D eigenvalue weighted by Gasteiger charge is 2.24. The molecule has 2 unspecified atom stereocenters. The van der Waals surface area contributed by atoms with Gasteiger partial charge in [-0.15, -0.1) is 0 Å². The molecule has 1 fully saturated rings. The van der Waals surface area contributed by atoms with E-state index in [9.17, 15) is 0 Å². The molecule has 2 rings (SSSR count). The lowest BCUT2D eigenvalue weighted by Gasteiger charge is -2.31. The van der Waals surface area contributed by atoms with E-state index in [-0.39, 0.29) is 6.10 Å². The van der Waals surface area contributed by atoms with Crippen LogP contribution in [0.25, 0.3) is 0 Å². The first-order valence-corrected chi connectivity index (χ1v) is 6.78. The number of benzene rings is 1. The van der Waals surface area contributed by atoms with Crippen LogP contribution in [0.15, 0.2) is 24.3 Å². The van der Waals surface area contributed by atoms with Gasteiger partial charge in [-0.1, -0.05) is 36.8 Å². The monoisotopic (exact) mass is 249 g/mol. The lowest BCUT2D eigenvalue weighted by Crippen LogP contribution is -2.47. The molecule has 1 aromatic carbocycles. The van der Waals surface area contributed by atoms with Crippen LogP contribution in [0.2, 0.25) is 0 Å². The van der Waals surface area contributed by atoms with Gasteiger partial charge in [0.15, 0.2) is 0 Å². The summed E-state index contributed by atoms with van der Waals surface area (Å²) in [4.78, 5) is 0. The van der Waals surface area contributed by atoms with Gasteiger partial charge in [-0.25, -0.2) is 0 Å². The molecule has 0 amide bonds. The highest BCUT2D eigenvalue weighted by Crippen LogP contribution is 2.12. The number of aryl methyl sites for hydroxylation is 1. The van der Waals surface area contributed by atoms with E-state index in [4.69, 9.17) is 9.47 Å². The summed E-state index contributed by atoms with van der Waals surface area (Å²) in [5.41, 5.74) is 2.65. The van der Waals surface area contributed by atoms with Crippen LogP contribution in [0.3, 0.4) is 0 Å². The van der Waals surface area contributed by atoms with E-state index in [1.54, 1.807) is 0 Å². The molecule has 1 aliphatic rings.